The summed E-state index contributed by atoms with van der Waals surface area (Å²) in [6.45, 7) is 2.01. The molecule has 0 bridgehead atoms. The van der Waals surface area contributed by atoms with Crippen molar-refractivity contribution in [2.75, 3.05) is 0 Å². The molecule has 0 saturated heterocycles. The molecule has 1 aromatic carbocycles. The van der Waals surface area contributed by atoms with E-state index in [4.69, 9.17) is 0 Å². The molecule has 3 heteroatoms. The zero-order valence-corrected chi connectivity index (χ0v) is 8.93. The Labute approximate surface area is 92.3 Å². The Bertz CT molecular complexity index is 655. The Morgan fingerprint density at radius 1 is 1.44 bits per heavy atom. The number of benzene rings is 1. The van der Waals surface area contributed by atoms with Crippen molar-refractivity contribution in [1.29, 1.82) is 0 Å². The summed E-state index contributed by atoms with van der Waals surface area (Å²) in [5, 5.41) is 0.976. The first-order valence-corrected chi connectivity index (χ1v) is 5.34. The number of pyridine rings is 1. The van der Waals surface area contributed by atoms with Gasteiger partial charge in [-0.1, -0.05) is 18.2 Å². The number of para-hydroxylation sites is 1. The van der Waals surface area contributed by atoms with Crippen LogP contribution in [0, 0.1) is 0 Å². The van der Waals surface area contributed by atoms with Crippen LogP contribution in [0.3, 0.4) is 0 Å². The first-order chi connectivity index (χ1) is 7.72. The van der Waals surface area contributed by atoms with Crippen LogP contribution in [0.15, 0.2) is 29.1 Å². The molecule has 3 rings (SSSR count). The highest BCUT2D eigenvalue weighted by molar-refractivity contribution is 5.89. The van der Waals surface area contributed by atoms with E-state index in [9.17, 15) is 9.59 Å². The van der Waals surface area contributed by atoms with Gasteiger partial charge in [-0.25, -0.2) is 0 Å². The molecule has 0 saturated carbocycles. The minimum Gasteiger partial charge on any atom is -0.304 e. The van der Waals surface area contributed by atoms with Gasteiger partial charge in [0.15, 0.2) is 6.29 Å². The lowest BCUT2D eigenvalue weighted by molar-refractivity contribution is 0.112. The molecule has 1 aliphatic rings. The molecule has 0 unspecified atom stereocenters. The van der Waals surface area contributed by atoms with E-state index in [1.165, 1.54) is 5.56 Å². The van der Waals surface area contributed by atoms with Gasteiger partial charge in [0.05, 0.1) is 11.1 Å². The van der Waals surface area contributed by atoms with Gasteiger partial charge in [0, 0.05) is 6.04 Å². The molecule has 3 nitrogen and oxygen atoms in total. The minimum atomic E-state index is -0.167. The molecule has 0 aliphatic carbocycles. The van der Waals surface area contributed by atoms with Gasteiger partial charge in [-0.15, -0.1) is 0 Å². The average Bonchev–Trinajstić information content (AvgIpc) is 2.61. The number of carbonyl (C=O) groups is 1. The van der Waals surface area contributed by atoms with E-state index in [-0.39, 0.29) is 17.2 Å². The Hall–Kier alpha value is -1.90. The number of hydrogen-bond donors (Lipinski definition) is 0. The van der Waals surface area contributed by atoms with Gasteiger partial charge in [-0.2, -0.15) is 0 Å². The third kappa shape index (κ3) is 1.03. The molecule has 1 aromatic heterocycles. The maximum atomic E-state index is 12.0. The summed E-state index contributed by atoms with van der Waals surface area (Å²) in [5.74, 6) is 0. The third-order valence-corrected chi connectivity index (χ3v) is 3.25. The summed E-state index contributed by atoms with van der Waals surface area (Å²) < 4.78 is 1.74. The maximum Gasteiger partial charge on any atom is 0.261 e. The smallest absolute Gasteiger partial charge is 0.261 e. The van der Waals surface area contributed by atoms with Gasteiger partial charge in [0.1, 0.15) is 0 Å². The standard InChI is InChI=1S/C13H11NO2/c1-8-5-9-3-2-4-10-6-11(7-15)13(16)14(8)12(9)10/h2-4,6-8H,5H2,1H3/t8-/m0/s1. The summed E-state index contributed by atoms with van der Waals surface area (Å²) in [7, 11) is 0. The normalized spacial score (nSPS) is 17.9. The van der Waals surface area contributed by atoms with Crippen LogP contribution in [0.1, 0.15) is 28.9 Å². The van der Waals surface area contributed by atoms with Crippen LogP contribution in [-0.2, 0) is 6.42 Å². The lowest BCUT2D eigenvalue weighted by Crippen LogP contribution is -2.24. The molecule has 2 aromatic rings. The van der Waals surface area contributed by atoms with E-state index >= 15 is 0 Å². The Kier molecular flexibility index (Phi) is 1.78. The first-order valence-electron chi connectivity index (χ1n) is 5.34. The highest BCUT2D eigenvalue weighted by Gasteiger charge is 2.22. The predicted octanol–water partition coefficient (Wildman–Crippen LogP) is 1.93. The van der Waals surface area contributed by atoms with E-state index in [0.717, 1.165) is 17.3 Å². The Morgan fingerprint density at radius 3 is 3.00 bits per heavy atom. The summed E-state index contributed by atoms with van der Waals surface area (Å²) in [6, 6.07) is 7.79. The van der Waals surface area contributed by atoms with Crippen LogP contribution in [0.4, 0.5) is 0 Å². The highest BCUT2D eigenvalue weighted by Crippen LogP contribution is 2.30. The SMILES string of the molecule is C[C@H]1Cc2cccc3cc(C=O)c(=O)n1c23. The van der Waals surface area contributed by atoms with E-state index < -0.39 is 0 Å². The largest absolute Gasteiger partial charge is 0.304 e. The lowest BCUT2D eigenvalue weighted by atomic mass is 10.1. The Balaban J connectivity index is 2.57. The molecule has 0 fully saturated rings. The van der Waals surface area contributed by atoms with Crippen LogP contribution in [-0.4, -0.2) is 10.9 Å². The monoisotopic (exact) mass is 213 g/mol. The fourth-order valence-electron chi connectivity index (χ4n) is 2.57. The van der Waals surface area contributed by atoms with Crippen LogP contribution >= 0.6 is 0 Å². The van der Waals surface area contributed by atoms with E-state index in [1.807, 2.05) is 25.1 Å². The molecule has 1 aliphatic heterocycles. The number of hydrogen-bond acceptors (Lipinski definition) is 2. The van der Waals surface area contributed by atoms with Crippen molar-refractivity contribution < 1.29 is 4.79 Å². The van der Waals surface area contributed by atoms with Gasteiger partial charge >= 0.3 is 0 Å². The fourth-order valence-corrected chi connectivity index (χ4v) is 2.57. The van der Waals surface area contributed by atoms with E-state index in [2.05, 4.69) is 0 Å². The van der Waals surface area contributed by atoms with Gasteiger partial charge < -0.3 is 4.57 Å². The molecule has 0 N–H and O–H groups in total. The second-order valence-corrected chi connectivity index (χ2v) is 4.30. The number of rotatable bonds is 1. The van der Waals surface area contributed by atoms with Gasteiger partial charge in [0.25, 0.3) is 5.56 Å². The van der Waals surface area contributed by atoms with E-state index in [1.54, 1.807) is 10.6 Å². The molecule has 0 radical (unpaired) electrons. The maximum absolute atomic E-state index is 12.0. The fraction of sp³-hybridized carbons (Fsp3) is 0.231. The van der Waals surface area contributed by atoms with Crippen LogP contribution in [0.25, 0.3) is 10.9 Å². The van der Waals surface area contributed by atoms with Crippen LogP contribution in [0.5, 0.6) is 0 Å². The van der Waals surface area contributed by atoms with Crippen LogP contribution < -0.4 is 5.56 Å². The van der Waals surface area contributed by atoms with Gasteiger partial charge in [-0.05, 0) is 30.4 Å². The predicted molar refractivity (Wildman–Crippen MR) is 62.0 cm³/mol. The van der Waals surface area contributed by atoms with Crippen molar-refractivity contribution in [3.63, 3.8) is 0 Å². The zero-order chi connectivity index (χ0) is 11.3. The average molecular weight is 213 g/mol. The number of nitrogens with zero attached hydrogens (tertiary/aromatic N) is 1. The third-order valence-electron chi connectivity index (χ3n) is 3.25. The number of aldehydes is 1. The van der Waals surface area contributed by atoms with Crippen molar-refractivity contribution in [1.82, 2.24) is 4.57 Å². The second-order valence-electron chi connectivity index (χ2n) is 4.30. The van der Waals surface area contributed by atoms with E-state index in [0.29, 0.717) is 6.29 Å². The molecule has 1 atom stereocenters. The van der Waals surface area contributed by atoms with Gasteiger partial charge in [-0.3, -0.25) is 9.59 Å². The van der Waals surface area contributed by atoms with Crippen molar-refractivity contribution in [3.8, 4) is 0 Å². The van der Waals surface area contributed by atoms with Gasteiger partial charge in [0.2, 0.25) is 0 Å². The topological polar surface area (TPSA) is 39.1 Å². The lowest BCUT2D eigenvalue weighted by Gasteiger charge is -2.09. The molecular formula is C13H11NO2. The van der Waals surface area contributed by atoms with Crippen molar-refractivity contribution >= 4 is 17.2 Å². The molecule has 2 heterocycles. The molecule has 0 amide bonds. The summed E-state index contributed by atoms with van der Waals surface area (Å²) in [6.07, 6.45) is 1.51. The first kappa shape index (κ1) is 9.33. The minimum absolute atomic E-state index is 0.146. The quantitative estimate of drug-likeness (QED) is 0.679. The van der Waals surface area contributed by atoms with Crippen molar-refractivity contribution in [2.24, 2.45) is 0 Å². The molecular weight excluding hydrogens is 202 g/mol. The Morgan fingerprint density at radius 2 is 2.25 bits per heavy atom. The van der Waals surface area contributed by atoms with Crippen LogP contribution in [0.2, 0.25) is 0 Å². The number of carbonyl (C=O) groups excluding carboxylic acids is 1. The van der Waals surface area contributed by atoms with Crippen molar-refractivity contribution in [3.05, 3.63) is 45.7 Å². The summed E-state index contributed by atoms with van der Waals surface area (Å²) in [4.78, 5) is 22.9. The number of aromatic nitrogens is 1. The molecule has 80 valence electrons. The zero-order valence-electron chi connectivity index (χ0n) is 8.93. The molecule has 16 heavy (non-hydrogen) atoms. The second kappa shape index (κ2) is 3.04. The van der Waals surface area contributed by atoms with Crippen molar-refractivity contribution in [2.45, 2.75) is 19.4 Å². The summed E-state index contributed by atoms with van der Waals surface area (Å²) in [5.41, 5.74) is 2.27. The summed E-state index contributed by atoms with van der Waals surface area (Å²) >= 11 is 0. The molecule has 0 spiro atoms. The highest BCUT2D eigenvalue weighted by atomic mass is 16.1.